The number of rotatable bonds is 3. The Morgan fingerprint density at radius 2 is 2.25 bits per heavy atom. The molecule has 1 aliphatic heterocycles. The molecule has 1 heterocycles. The van der Waals surface area contributed by atoms with Crippen LogP contribution in [-0.4, -0.2) is 28.6 Å². The van der Waals surface area contributed by atoms with Crippen molar-refractivity contribution in [2.75, 3.05) is 6.54 Å². The zero-order valence-corrected chi connectivity index (χ0v) is 11.7. The number of aliphatic carboxylic acids is 1. The van der Waals surface area contributed by atoms with E-state index in [0.29, 0.717) is 18.0 Å². The van der Waals surface area contributed by atoms with Crippen molar-refractivity contribution in [3.8, 4) is 0 Å². The first-order valence-corrected chi connectivity index (χ1v) is 7.28. The Balaban J connectivity index is 1.79. The van der Waals surface area contributed by atoms with E-state index in [-0.39, 0.29) is 11.7 Å². The van der Waals surface area contributed by atoms with Gasteiger partial charge in [-0.15, -0.1) is 0 Å². The van der Waals surface area contributed by atoms with Gasteiger partial charge in [-0.2, -0.15) is 0 Å². The van der Waals surface area contributed by atoms with Crippen molar-refractivity contribution in [2.45, 2.75) is 38.8 Å². The molecule has 1 aromatic carbocycles. The summed E-state index contributed by atoms with van der Waals surface area (Å²) in [7, 11) is 0. The molecule has 0 bridgehead atoms. The van der Waals surface area contributed by atoms with E-state index in [1.165, 1.54) is 6.07 Å². The number of hydrogen-bond acceptors (Lipinski definition) is 2. The molecular weight excluding hydrogens is 257 g/mol. The summed E-state index contributed by atoms with van der Waals surface area (Å²) in [5.41, 5.74) is 1.49. The fourth-order valence-electron chi connectivity index (χ4n) is 3.86. The number of hydrogen-bond donors (Lipinski definition) is 1. The van der Waals surface area contributed by atoms with Crippen LogP contribution >= 0.6 is 0 Å². The third-order valence-corrected chi connectivity index (χ3v) is 4.86. The molecule has 3 nitrogen and oxygen atoms in total. The molecule has 1 aliphatic carbocycles. The van der Waals surface area contributed by atoms with Crippen LogP contribution in [0.25, 0.3) is 0 Å². The van der Waals surface area contributed by atoms with Crippen molar-refractivity contribution in [2.24, 2.45) is 11.8 Å². The van der Waals surface area contributed by atoms with Crippen molar-refractivity contribution in [3.05, 3.63) is 35.1 Å². The molecule has 1 aromatic rings. The van der Waals surface area contributed by atoms with Crippen LogP contribution in [0.2, 0.25) is 0 Å². The van der Waals surface area contributed by atoms with Crippen molar-refractivity contribution in [3.63, 3.8) is 0 Å². The first kappa shape index (κ1) is 13.6. The Morgan fingerprint density at radius 1 is 1.45 bits per heavy atom. The van der Waals surface area contributed by atoms with Gasteiger partial charge in [0, 0.05) is 13.1 Å². The van der Waals surface area contributed by atoms with Gasteiger partial charge < -0.3 is 5.11 Å². The molecule has 0 aromatic heterocycles. The second kappa shape index (κ2) is 5.17. The molecule has 2 fully saturated rings. The molecule has 20 heavy (non-hydrogen) atoms. The Bertz CT molecular complexity index is 531. The lowest BCUT2D eigenvalue weighted by atomic mass is 9.94. The minimum absolute atomic E-state index is 0.214. The number of fused-ring (bicyclic) bond motifs is 1. The summed E-state index contributed by atoms with van der Waals surface area (Å²) in [5.74, 6) is -0.157. The van der Waals surface area contributed by atoms with Gasteiger partial charge in [0.1, 0.15) is 11.9 Å². The quantitative estimate of drug-likeness (QED) is 0.923. The van der Waals surface area contributed by atoms with Gasteiger partial charge in [-0.25, -0.2) is 4.39 Å². The average Bonchev–Trinajstić information content (AvgIpc) is 2.93. The number of nitrogens with zero attached hydrogens (tertiary/aromatic N) is 1. The fourth-order valence-corrected chi connectivity index (χ4v) is 3.86. The van der Waals surface area contributed by atoms with E-state index in [2.05, 4.69) is 0 Å². The highest BCUT2D eigenvalue weighted by Crippen LogP contribution is 2.42. The lowest BCUT2D eigenvalue weighted by Crippen LogP contribution is -2.39. The Kier molecular flexibility index (Phi) is 3.50. The molecule has 0 spiro atoms. The van der Waals surface area contributed by atoms with Gasteiger partial charge in [0.05, 0.1) is 0 Å². The van der Waals surface area contributed by atoms with Gasteiger partial charge >= 0.3 is 5.97 Å². The van der Waals surface area contributed by atoms with Gasteiger partial charge in [-0.05, 0) is 48.8 Å². The molecule has 1 saturated carbocycles. The summed E-state index contributed by atoms with van der Waals surface area (Å²) >= 11 is 0. The maximum Gasteiger partial charge on any atom is 0.321 e. The van der Waals surface area contributed by atoms with Crippen LogP contribution in [0.1, 0.15) is 30.4 Å². The van der Waals surface area contributed by atoms with Crippen LogP contribution in [0.3, 0.4) is 0 Å². The third kappa shape index (κ3) is 2.33. The highest BCUT2D eigenvalue weighted by Gasteiger charge is 2.47. The number of benzene rings is 1. The summed E-state index contributed by atoms with van der Waals surface area (Å²) in [4.78, 5) is 13.6. The van der Waals surface area contributed by atoms with Gasteiger partial charge in [0.15, 0.2) is 0 Å². The van der Waals surface area contributed by atoms with Crippen molar-refractivity contribution < 1.29 is 14.3 Å². The number of halogens is 1. The molecule has 4 heteroatoms. The van der Waals surface area contributed by atoms with Crippen LogP contribution in [0.4, 0.5) is 4.39 Å². The molecule has 3 unspecified atom stereocenters. The highest BCUT2D eigenvalue weighted by atomic mass is 19.1. The van der Waals surface area contributed by atoms with Crippen molar-refractivity contribution in [1.82, 2.24) is 4.90 Å². The van der Waals surface area contributed by atoms with Gasteiger partial charge in [0.25, 0.3) is 0 Å². The number of carboxylic acids is 1. The summed E-state index contributed by atoms with van der Waals surface area (Å²) in [6.07, 6.45) is 3.29. The van der Waals surface area contributed by atoms with Crippen LogP contribution in [0, 0.1) is 24.6 Å². The Hall–Kier alpha value is -1.42. The molecule has 1 saturated heterocycles. The minimum atomic E-state index is -0.730. The lowest BCUT2D eigenvalue weighted by molar-refractivity contribution is -0.143. The lowest BCUT2D eigenvalue weighted by Gasteiger charge is -2.24. The van der Waals surface area contributed by atoms with Crippen LogP contribution in [0.15, 0.2) is 18.2 Å². The molecular formula is C16H20FNO2. The number of carboxylic acid groups (broad SMARTS) is 1. The summed E-state index contributed by atoms with van der Waals surface area (Å²) < 4.78 is 13.6. The highest BCUT2D eigenvalue weighted by molar-refractivity contribution is 5.74. The molecule has 3 atom stereocenters. The first-order chi connectivity index (χ1) is 9.56. The van der Waals surface area contributed by atoms with E-state index in [4.69, 9.17) is 0 Å². The Morgan fingerprint density at radius 3 is 2.95 bits per heavy atom. The van der Waals surface area contributed by atoms with E-state index >= 15 is 0 Å². The molecule has 1 N–H and O–H groups in total. The minimum Gasteiger partial charge on any atom is -0.480 e. The number of aryl methyl sites for hydroxylation is 1. The predicted molar refractivity (Wildman–Crippen MR) is 73.8 cm³/mol. The Labute approximate surface area is 118 Å². The zero-order chi connectivity index (χ0) is 14.3. The molecule has 0 amide bonds. The van der Waals surface area contributed by atoms with Crippen LogP contribution in [0.5, 0.6) is 0 Å². The van der Waals surface area contributed by atoms with Crippen LogP contribution in [-0.2, 0) is 11.3 Å². The maximum atomic E-state index is 13.6. The van der Waals surface area contributed by atoms with E-state index in [0.717, 1.165) is 31.4 Å². The van der Waals surface area contributed by atoms with E-state index in [1.54, 1.807) is 13.0 Å². The second-order valence-corrected chi connectivity index (χ2v) is 6.15. The number of likely N-dealkylation sites (tertiary alicyclic amines) is 1. The largest absolute Gasteiger partial charge is 0.480 e. The van der Waals surface area contributed by atoms with Gasteiger partial charge in [0.2, 0.25) is 0 Å². The standard InChI is InChI=1S/C16H20FNO2/c1-10-5-6-11(7-14(10)17)8-18-9-12-3-2-4-13(12)15(18)16(19)20/h5-7,12-13,15H,2-4,8-9H2,1H3,(H,19,20). The molecule has 2 aliphatic rings. The summed E-state index contributed by atoms with van der Waals surface area (Å²) in [6.45, 7) is 3.09. The zero-order valence-electron chi connectivity index (χ0n) is 11.7. The molecule has 0 radical (unpaired) electrons. The van der Waals surface area contributed by atoms with Gasteiger partial charge in [-0.3, -0.25) is 9.69 Å². The topological polar surface area (TPSA) is 40.5 Å². The monoisotopic (exact) mass is 277 g/mol. The predicted octanol–water partition coefficient (Wildman–Crippen LogP) is 2.82. The maximum absolute atomic E-state index is 13.6. The van der Waals surface area contributed by atoms with E-state index in [1.807, 2.05) is 11.0 Å². The van der Waals surface area contributed by atoms with E-state index < -0.39 is 12.0 Å². The molecule has 108 valence electrons. The summed E-state index contributed by atoms with van der Waals surface area (Å²) in [5, 5.41) is 9.49. The SMILES string of the molecule is Cc1ccc(CN2CC3CCCC3C2C(=O)O)cc1F. The van der Waals surface area contributed by atoms with E-state index in [9.17, 15) is 14.3 Å². The normalized spacial score (nSPS) is 29.6. The second-order valence-electron chi connectivity index (χ2n) is 6.15. The smallest absolute Gasteiger partial charge is 0.321 e. The first-order valence-electron chi connectivity index (χ1n) is 7.28. The third-order valence-electron chi connectivity index (χ3n) is 4.86. The summed E-state index contributed by atoms with van der Waals surface area (Å²) in [6, 6.07) is 4.79. The van der Waals surface area contributed by atoms with Crippen molar-refractivity contribution >= 4 is 5.97 Å². The van der Waals surface area contributed by atoms with Gasteiger partial charge in [-0.1, -0.05) is 18.6 Å². The molecule has 3 rings (SSSR count). The number of carbonyl (C=O) groups is 1. The average molecular weight is 277 g/mol. The fraction of sp³-hybridized carbons (Fsp3) is 0.562. The van der Waals surface area contributed by atoms with Crippen molar-refractivity contribution in [1.29, 1.82) is 0 Å². The van der Waals surface area contributed by atoms with Crippen LogP contribution < -0.4 is 0 Å².